The Morgan fingerprint density at radius 2 is 0.146 bits per heavy atom. The molecule has 18 nitrogen and oxygen atoms in total. The molecule has 0 radical (unpaired) electrons. The molecule has 0 spiro atoms. The molecule has 0 aromatic rings. The van der Waals surface area contributed by atoms with E-state index in [0.717, 1.165) is 0 Å². The summed E-state index contributed by atoms with van der Waals surface area (Å²) in [5, 5.41) is 0. The SMILES string of the molecule is [K+].[K+].[K+].[K+].[K+].[K+].[K+].[K+].[K+].[K+].[K+].[K+].[K+].[K+].[K+].[K+].[K+].[K+].[O-][Si]([O-])([O-])F.[O-][Si]([O-])([O-])F.[O-][Si]([O-])([O-])F.[O-][Si]([O-])([O-])F.[O-][Si]([O-])([O-])F.[O-][Si]([O-])([O-])F. The van der Waals surface area contributed by atoms with Gasteiger partial charge >= 0.3 is 925 Å². The van der Waals surface area contributed by atoms with Gasteiger partial charge in [-0.15, -0.1) is 0 Å². The fraction of sp³-hybridized carbons (Fsp3) is 0. The summed E-state index contributed by atoms with van der Waals surface area (Å²) in [6.07, 6.45) is 0. The maximum absolute atomic E-state index is 10.2. The third-order valence-corrected chi connectivity index (χ3v) is 0. The van der Waals surface area contributed by atoms with Crippen LogP contribution in [0.5, 0.6) is 0 Å². The van der Waals surface area contributed by atoms with Gasteiger partial charge in [-0.1, -0.05) is 54.8 Å². The monoisotopic (exact) mass is 1270 g/mol. The van der Waals surface area contributed by atoms with Gasteiger partial charge in [0.15, 0.2) is 0 Å². The molecule has 0 aliphatic heterocycles. The van der Waals surface area contributed by atoms with Crippen LogP contribution in [-0.4, -0.2) is 54.8 Å². The van der Waals surface area contributed by atoms with Crippen molar-refractivity contribution in [2.75, 3.05) is 0 Å². The van der Waals surface area contributed by atoms with Crippen molar-refractivity contribution < 1.29 is 1040 Å². The minimum Gasteiger partial charge on any atom is -0.857 e. The zero-order valence-electron chi connectivity index (χ0n) is 30.6. The Morgan fingerprint density at radius 3 is 0.146 bits per heavy atom. The second-order valence-electron chi connectivity index (χ2n) is 2.89. The Bertz CT molecular complexity index is 273. The van der Waals surface area contributed by atoms with Gasteiger partial charge in [0.1, 0.15) is 0 Å². The molecule has 48 heavy (non-hydrogen) atoms. The van der Waals surface area contributed by atoms with Crippen LogP contribution in [0.4, 0.5) is 24.6 Å². The summed E-state index contributed by atoms with van der Waals surface area (Å²) in [4.78, 5) is 152. The summed E-state index contributed by atoms with van der Waals surface area (Å²) in [6, 6.07) is 0. The van der Waals surface area contributed by atoms with Gasteiger partial charge in [-0.3, -0.25) is 0 Å². The van der Waals surface area contributed by atoms with Gasteiger partial charge in [0.2, 0.25) is 0 Å². The second kappa shape index (κ2) is 102. The molecule has 0 fully saturated rings. The molecule has 0 aliphatic carbocycles. The minimum absolute atomic E-state index is 0. The third-order valence-electron chi connectivity index (χ3n) is 0. The first-order valence-electron chi connectivity index (χ1n) is 4.81. The van der Waals surface area contributed by atoms with Crippen LogP contribution >= 0.6 is 0 Å². The van der Waals surface area contributed by atoms with E-state index >= 15 is 0 Å². The van der Waals surface area contributed by atoms with Gasteiger partial charge in [0.25, 0.3) is 0 Å². The van der Waals surface area contributed by atoms with E-state index in [2.05, 4.69) is 0 Å². The molecule has 0 saturated heterocycles. The summed E-state index contributed by atoms with van der Waals surface area (Å²) < 4.78 is 61.0. The average Bonchev–Trinajstić information content (AvgIpc) is 1.94. The predicted octanol–water partition coefficient (Wildman–Crippen LogP) is -75.1. The molecular formula is F6K18O18Si6. The van der Waals surface area contributed by atoms with Gasteiger partial charge in [0.05, 0.1) is 0 Å². The van der Waals surface area contributed by atoms with Crippen molar-refractivity contribution in [2.24, 2.45) is 0 Å². The van der Waals surface area contributed by atoms with Gasteiger partial charge in [-0.25, -0.2) is 0 Å². The molecule has 0 N–H and O–H groups in total. The Hall–Kier alpha value is 29.6. The normalized spacial score (nSPS) is 7.50. The Balaban J connectivity index is -0.00000000609. The van der Waals surface area contributed by atoms with E-state index in [1.807, 2.05) is 0 Å². The fourth-order valence-corrected chi connectivity index (χ4v) is 0. The summed E-state index contributed by atoms with van der Waals surface area (Å²) in [5.74, 6) is 0. The zero-order valence-corrected chi connectivity index (χ0v) is 92.8. The first kappa shape index (κ1) is 158. The molecule has 48 heteroatoms. The van der Waals surface area contributed by atoms with Crippen molar-refractivity contribution in [1.29, 1.82) is 0 Å². The van der Waals surface area contributed by atoms with E-state index in [0.29, 0.717) is 0 Å². The van der Waals surface area contributed by atoms with Crippen LogP contribution in [0.3, 0.4) is 0 Å². The van der Waals surface area contributed by atoms with Gasteiger partial charge in [0, 0.05) is 0 Å². The quantitative estimate of drug-likeness (QED) is 0.123. The van der Waals surface area contributed by atoms with Crippen molar-refractivity contribution in [3.05, 3.63) is 0 Å². The topological polar surface area (TPSA) is 415 Å². The van der Waals surface area contributed by atoms with Crippen LogP contribution in [0.1, 0.15) is 0 Å². The molecule has 0 atom stereocenters. The third kappa shape index (κ3) is 480. The van der Waals surface area contributed by atoms with Gasteiger partial charge < -0.3 is 111 Å². The van der Waals surface area contributed by atoms with Crippen LogP contribution < -0.4 is 1010 Å². The first-order chi connectivity index (χ1) is 12.0. The molecule has 0 saturated carbocycles. The van der Waals surface area contributed by atoms with Crippen LogP contribution in [0.15, 0.2) is 0 Å². The number of rotatable bonds is 0. The second-order valence-corrected chi connectivity index (χ2v) is 8.67. The summed E-state index contributed by atoms with van der Waals surface area (Å²) in [5.41, 5.74) is 0. The summed E-state index contributed by atoms with van der Waals surface area (Å²) >= 11 is 0. The predicted molar refractivity (Wildman–Crippen MR) is 41.2 cm³/mol. The first-order valence-corrected chi connectivity index (χ1v) is 14.4. The largest absolute Gasteiger partial charge is 1.00 e. The minimum atomic E-state index is -5.86. The van der Waals surface area contributed by atoms with Crippen LogP contribution in [0, 0.1) is 0 Å². The van der Waals surface area contributed by atoms with E-state index in [1.54, 1.807) is 0 Å². The van der Waals surface area contributed by atoms with E-state index in [4.69, 9.17) is 86.3 Å². The average molecular weight is 1270 g/mol. The molecule has 0 rings (SSSR count). The standard InChI is InChI=1S/6FO3Si.18K/c6*1-5(2,3)4;;;;;;;;;;;;;;;;;;/q6*-3;18*+1. The molecule has 0 unspecified atom stereocenters. The Morgan fingerprint density at radius 1 is 0.146 bits per heavy atom. The molecule has 0 aromatic carbocycles. The number of hydrogen-bond acceptors (Lipinski definition) is 18. The molecule has 0 bridgehead atoms. The van der Waals surface area contributed by atoms with E-state index in [9.17, 15) is 24.6 Å². The van der Waals surface area contributed by atoms with Crippen molar-refractivity contribution in [2.45, 2.75) is 0 Å². The Labute approximate surface area is 1050 Å². The smallest absolute Gasteiger partial charge is 0.857 e. The van der Waals surface area contributed by atoms with Crippen LogP contribution in [-0.2, 0) is 0 Å². The number of hydrogen-bond donors (Lipinski definition) is 0. The van der Waals surface area contributed by atoms with Crippen molar-refractivity contribution in [3.8, 4) is 0 Å². The number of halogens is 6. The molecule has 0 aromatic heterocycles. The zero-order chi connectivity index (χ0) is 27.0. The maximum Gasteiger partial charge on any atom is 1.00 e. The van der Waals surface area contributed by atoms with Gasteiger partial charge in [-0.05, 0) is 0 Å². The van der Waals surface area contributed by atoms with Crippen LogP contribution in [0.2, 0.25) is 0 Å². The summed E-state index contributed by atoms with van der Waals surface area (Å²) in [6.45, 7) is 0. The maximum atomic E-state index is 10.2. The van der Waals surface area contributed by atoms with Crippen LogP contribution in [0.25, 0.3) is 0 Å². The molecule has 0 amide bonds. The molecule has 0 aliphatic rings. The molecule has 0 heterocycles. The fourth-order valence-electron chi connectivity index (χ4n) is 0. The van der Waals surface area contributed by atoms with E-state index in [1.165, 1.54) is 0 Å². The Kier molecular flexibility index (Phi) is 336. The van der Waals surface area contributed by atoms with Crippen molar-refractivity contribution in [3.63, 3.8) is 0 Å². The molecule has 192 valence electrons. The van der Waals surface area contributed by atoms with Gasteiger partial charge in [-0.2, -0.15) is 0 Å². The summed E-state index contributed by atoms with van der Waals surface area (Å²) in [7, 11) is -35.2. The van der Waals surface area contributed by atoms with E-state index in [-0.39, 0.29) is 925 Å². The molecular weight excluding hydrogens is 1270 g/mol. The van der Waals surface area contributed by atoms with E-state index < -0.39 is 54.8 Å². The van der Waals surface area contributed by atoms with Crippen molar-refractivity contribution in [1.82, 2.24) is 0 Å². The van der Waals surface area contributed by atoms with Crippen molar-refractivity contribution >= 4 is 54.8 Å².